The van der Waals surface area contributed by atoms with Crippen LogP contribution in [-0.2, 0) is 11.3 Å². The molecule has 1 amide bonds. The van der Waals surface area contributed by atoms with Gasteiger partial charge >= 0.3 is 6.09 Å². The lowest BCUT2D eigenvalue weighted by molar-refractivity contribution is -0.946. The van der Waals surface area contributed by atoms with Crippen molar-refractivity contribution in [2.45, 2.75) is 25.5 Å². The van der Waals surface area contributed by atoms with Crippen LogP contribution in [0.1, 0.15) is 18.4 Å². The normalized spacial score (nSPS) is 22.6. The summed E-state index contributed by atoms with van der Waals surface area (Å²) in [5.74, 6) is 1.36. The third-order valence-electron chi connectivity index (χ3n) is 7.34. The number of amides is 1. The van der Waals surface area contributed by atoms with Gasteiger partial charge in [-0.2, -0.15) is 0 Å². The summed E-state index contributed by atoms with van der Waals surface area (Å²) in [5, 5.41) is 0. The summed E-state index contributed by atoms with van der Waals surface area (Å²) in [4.78, 5) is 15.2. The van der Waals surface area contributed by atoms with Crippen LogP contribution < -0.4 is 26.6 Å². The summed E-state index contributed by atoms with van der Waals surface area (Å²) in [7, 11) is 0. The van der Waals surface area contributed by atoms with E-state index in [-0.39, 0.29) is 29.2 Å². The fraction of sp³-hybridized carbons (Fsp3) is 0.345. The highest BCUT2D eigenvalue weighted by Gasteiger charge is 2.47. The van der Waals surface area contributed by atoms with Crippen LogP contribution in [0.3, 0.4) is 0 Å². The highest BCUT2D eigenvalue weighted by atomic mass is 79.9. The Balaban J connectivity index is 0.00000289. The minimum atomic E-state index is -0.257. The SMILES string of the molecule is O=C(O[C@H]1C[N+]2(CCOc3ccccc3)CCC1CC2)N(Cc1ccccc1)c1ccccc1.[Br-]. The zero-order chi connectivity index (χ0) is 23.2. The molecule has 0 saturated carbocycles. The minimum absolute atomic E-state index is 0. The summed E-state index contributed by atoms with van der Waals surface area (Å²) in [6.45, 7) is 5.28. The van der Waals surface area contributed by atoms with Crippen LogP contribution in [0.5, 0.6) is 5.75 Å². The number of carbonyl (C=O) groups is 1. The predicted molar refractivity (Wildman–Crippen MR) is 134 cm³/mol. The molecule has 3 aliphatic rings. The van der Waals surface area contributed by atoms with Crippen molar-refractivity contribution in [3.63, 3.8) is 0 Å². The molecule has 2 bridgehead atoms. The van der Waals surface area contributed by atoms with E-state index >= 15 is 0 Å². The Labute approximate surface area is 218 Å². The van der Waals surface area contributed by atoms with Gasteiger partial charge in [-0.25, -0.2) is 4.79 Å². The van der Waals surface area contributed by atoms with Gasteiger partial charge in [-0.05, 0) is 29.8 Å². The molecule has 3 aromatic carbocycles. The second kappa shape index (κ2) is 11.7. The number of ether oxygens (including phenoxy) is 2. The molecule has 0 unspecified atom stereocenters. The zero-order valence-corrected chi connectivity index (χ0v) is 21.6. The summed E-state index contributed by atoms with van der Waals surface area (Å²) < 4.78 is 13.2. The first-order valence-corrected chi connectivity index (χ1v) is 12.3. The van der Waals surface area contributed by atoms with Crippen LogP contribution in [-0.4, -0.2) is 49.5 Å². The zero-order valence-electron chi connectivity index (χ0n) is 20.0. The van der Waals surface area contributed by atoms with Crippen molar-refractivity contribution in [1.29, 1.82) is 0 Å². The maximum absolute atomic E-state index is 13.5. The predicted octanol–water partition coefficient (Wildman–Crippen LogP) is 2.52. The van der Waals surface area contributed by atoms with Crippen molar-refractivity contribution in [3.05, 3.63) is 96.6 Å². The van der Waals surface area contributed by atoms with Gasteiger partial charge in [0.2, 0.25) is 0 Å². The lowest BCUT2D eigenvalue weighted by Gasteiger charge is -2.52. The molecule has 3 fully saturated rings. The Morgan fingerprint density at radius 3 is 2.11 bits per heavy atom. The lowest BCUT2D eigenvalue weighted by Crippen LogP contribution is -3.00. The molecule has 6 rings (SSSR count). The molecule has 35 heavy (non-hydrogen) atoms. The number of piperidine rings is 3. The van der Waals surface area contributed by atoms with Gasteiger partial charge in [-0.1, -0.05) is 66.7 Å². The summed E-state index contributed by atoms with van der Waals surface area (Å²) in [6, 6.07) is 29.9. The molecule has 3 aliphatic heterocycles. The second-order valence-corrected chi connectivity index (χ2v) is 9.52. The van der Waals surface area contributed by atoms with Gasteiger partial charge in [0.15, 0.2) is 6.10 Å². The average molecular weight is 537 g/mol. The molecule has 0 N–H and O–H groups in total. The van der Waals surface area contributed by atoms with Crippen LogP contribution in [0.15, 0.2) is 91.0 Å². The van der Waals surface area contributed by atoms with Crippen molar-refractivity contribution in [2.75, 3.05) is 37.7 Å². The standard InChI is InChI=1S/C29H33N2O3.BrH/c32-29(30(26-12-6-2-7-13-26)22-24-10-4-1-5-11-24)34-28-23-31(18-16-25(28)17-19-31)20-21-33-27-14-8-3-9-15-27;/h1-15,25,28H,16-23H2;1H/q+1;/p-1/t25?,28-,31?;/m0./s1. The van der Waals surface area contributed by atoms with Gasteiger partial charge < -0.3 is 30.9 Å². The topological polar surface area (TPSA) is 38.8 Å². The quantitative estimate of drug-likeness (QED) is 0.415. The number of anilines is 1. The van der Waals surface area contributed by atoms with Gasteiger partial charge in [0.1, 0.15) is 25.4 Å². The first-order valence-electron chi connectivity index (χ1n) is 12.3. The molecule has 3 aromatic rings. The third-order valence-corrected chi connectivity index (χ3v) is 7.34. The van der Waals surface area contributed by atoms with Crippen molar-refractivity contribution < 1.29 is 35.7 Å². The highest BCUT2D eigenvalue weighted by Crippen LogP contribution is 2.36. The molecule has 5 nitrogen and oxygen atoms in total. The number of fused-ring (bicyclic) bond motifs is 3. The second-order valence-electron chi connectivity index (χ2n) is 9.52. The lowest BCUT2D eigenvalue weighted by atomic mass is 9.83. The van der Waals surface area contributed by atoms with E-state index in [1.54, 1.807) is 4.90 Å². The number of carbonyl (C=O) groups excluding carboxylic acids is 1. The van der Waals surface area contributed by atoms with Crippen LogP contribution in [0.4, 0.5) is 10.5 Å². The molecule has 184 valence electrons. The van der Waals surface area contributed by atoms with E-state index in [0.29, 0.717) is 19.1 Å². The molecule has 3 saturated heterocycles. The Bertz CT molecular complexity index is 1060. The number of hydrogen-bond donors (Lipinski definition) is 0. The maximum Gasteiger partial charge on any atom is 0.415 e. The van der Waals surface area contributed by atoms with E-state index in [1.807, 2.05) is 91.0 Å². The van der Waals surface area contributed by atoms with Crippen molar-refractivity contribution >= 4 is 11.8 Å². The summed E-state index contributed by atoms with van der Waals surface area (Å²) in [6.07, 6.45) is 1.90. The first kappa shape index (κ1) is 25.3. The van der Waals surface area contributed by atoms with E-state index in [0.717, 1.165) is 60.5 Å². The molecule has 0 spiro atoms. The van der Waals surface area contributed by atoms with Crippen LogP contribution in [0, 0.1) is 5.92 Å². The van der Waals surface area contributed by atoms with Crippen molar-refractivity contribution in [1.82, 2.24) is 0 Å². The molecule has 1 atom stereocenters. The van der Waals surface area contributed by atoms with Crippen LogP contribution in [0.2, 0.25) is 0 Å². The molecular weight excluding hydrogens is 504 g/mol. The van der Waals surface area contributed by atoms with Gasteiger partial charge in [0.05, 0.1) is 19.6 Å². The van der Waals surface area contributed by atoms with Gasteiger partial charge in [0.25, 0.3) is 0 Å². The molecule has 0 aliphatic carbocycles. The fourth-order valence-electron chi connectivity index (χ4n) is 5.37. The van der Waals surface area contributed by atoms with Gasteiger partial charge in [0, 0.05) is 24.4 Å². The molecule has 0 radical (unpaired) electrons. The number of hydrogen-bond acceptors (Lipinski definition) is 3. The van der Waals surface area contributed by atoms with Gasteiger partial charge in [-0.15, -0.1) is 0 Å². The molecule has 6 heteroatoms. The fourth-order valence-corrected chi connectivity index (χ4v) is 5.37. The summed E-state index contributed by atoms with van der Waals surface area (Å²) in [5.41, 5.74) is 1.94. The van der Waals surface area contributed by atoms with Crippen molar-refractivity contribution in [3.8, 4) is 5.75 Å². The Morgan fingerprint density at radius 2 is 1.46 bits per heavy atom. The van der Waals surface area contributed by atoms with Crippen LogP contribution in [0.25, 0.3) is 0 Å². The molecular formula is C29H33BrN2O3. The third kappa shape index (κ3) is 6.24. The number of para-hydroxylation sites is 2. The minimum Gasteiger partial charge on any atom is -1.00 e. The molecule has 3 heterocycles. The van der Waals surface area contributed by atoms with E-state index < -0.39 is 0 Å². The number of quaternary nitrogens is 1. The highest BCUT2D eigenvalue weighted by molar-refractivity contribution is 5.87. The number of nitrogens with zero attached hydrogens (tertiary/aromatic N) is 2. The van der Waals surface area contributed by atoms with Gasteiger partial charge in [-0.3, -0.25) is 4.90 Å². The van der Waals surface area contributed by atoms with E-state index in [2.05, 4.69) is 0 Å². The average Bonchev–Trinajstić information content (AvgIpc) is 2.89. The largest absolute Gasteiger partial charge is 1.00 e. The van der Waals surface area contributed by atoms with E-state index in [9.17, 15) is 4.79 Å². The smallest absolute Gasteiger partial charge is 0.415 e. The Hall–Kier alpha value is -2.83. The maximum atomic E-state index is 13.5. The number of benzene rings is 3. The number of rotatable bonds is 8. The monoisotopic (exact) mass is 536 g/mol. The summed E-state index contributed by atoms with van der Waals surface area (Å²) >= 11 is 0. The van der Waals surface area contributed by atoms with Crippen LogP contribution >= 0.6 is 0 Å². The van der Waals surface area contributed by atoms with E-state index in [1.165, 1.54) is 0 Å². The first-order chi connectivity index (χ1) is 16.7. The Kier molecular flexibility index (Phi) is 8.47. The van der Waals surface area contributed by atoms with Crippen molar-refractivity contribution in [2.24, 2.45) is 5.92 Å². The Morgan fingerprint density at radius 1 is 0.857 bits per heavy atom. The molecule has 0 aromatic heterocycles. The van der Waals surface area contributed by atoms with E-state index in [4.69, 9.17) is 9.47 Å². The number of halogens is 1.